The molecule has 0 aliphatic rings. The van der Waals surface area contributed by atoms with Gasteiger partial charge in [0.2, 0.25) is 10.0 Å². The summed E-state index contributed by atoms with van der Waals surface area (Å²) in [7, 11) is -2.16. The number of carboxylic acids is 1. The molecule has 88 valence electrons. The molecule has 0 amide bonds. The largest absolute Gasteiger partial charge is 0.478 e. The summed E-state index contributed by atoms with van der Waals surface area (Å²) in [6.07, 6.45) is 1.01. The van der Waals surface area contributed by atoms with Crippen LogP contribution in [-0.2, 0) is 10.0 Å². The van der Waals surface area contributed by atoms with Gasteiger partial charge >= 0.3 is 5.97 Å². The highest BCUT2D eigenvalue weighted by Gasteiger charge is 2.19. The van der Waals surface area contributed by atoms with Gasteiger partial charge in [-0.15, -0.1) is 0 Å². The first kappa shape index (κ1) is 13.0. The number of anilines is 1. The predicted octanol–water partition coefficient (Wildman–Crippen LogP) is 1.54. The average Bonchev–Trinajstić information content (AvgIpc) is 2.15. The van der Waals surface area contributed by atoms with Crippen molar-refractivity contribution in [1.82, 2.24) is 0 Å². The van der Waals surface area contributed by atoms with Crippen molar-refractivity contribution in [2.24, 2.45) is 0 Å². The molecule has 0 radical (unpaired) electrons. The highest BCUT2D eigenvalue weighted by Crippen LogP contribution is 2.25. The molecule has 0 aromatic heterocycles. The maximum absolute atomic E-state index is 11.3. The van der Waals surface area contributed by atoms with Gasteiger partial charge in [0, 0.05) is 11.5 Å². The zero-order valence-corrected chi connectivity index (χ0v) is 11.0. The zero-order valence-electron chi connectivity index (χ0n) is 8.64. The van der Waals surface area contributed by atoms with Crippen LogP contribution < -0.4 is 4.31 Å². The van der Waals surface area contributed by atoms with E-state index >= 15 is 0 Å². The fourth-order valence-electron chi connectivity index (χ4n) is 1.13. The Morgan fingerprint density at radius 3 is 2.44 bits per heavy atom. The summed E-state index contributed by atoms with van der Waals surface area (Å²) in [6, 6.07) is 4.39. The van der Waals surface area contributed by atoms with Crippen LogP contribution in [0.4, 0.5) is 5.69 Å². The number of nitrogens with zero attached hydrogens (tertiary/aromatic N) is 1. The van der Waals surface area contributed by atoms with E-state index in [1.807, 2.05) is 0 Å². The van der Waals surface area contributed by atoms with E-state index in [2.05, 4.69) is 15.9 Å². The maximum Gasteiger partial charge on any atom is 0.337 e. The summed E-state index contributed by atoms with van der Waals surface area (Å²) in [5.74, 6) is -1.17. The van der Waals surface area contributed by atoms with E-state index in [9.17, 15) is 13.2 Å². The van der Waals surface area contributed by atoms with Crippen molar-refractivity contribution in [2.75, 3.05) is 17.6 Å². The molecular formula is C9H10BrNO4S. The van der Waals surface area contributed by atoms with Gasteiger partial charge in [-0.05, 0) is 18.2 Å². The number of aromatic carboxylic acids is 1. The third-order valence-electron chi connectivity index (χ3n) is 2.03. The van der Waals surface area contributed by atoms with E-state index in [-0.39, 0.29) is 11.3 Å². The van der Waals surface area contributed by atoms with Crippen LogP contribution in [0.3, 0.4) is 0 Å². The van der Waals surface area contributed by atoms with Crippen molar-refractivity contribution >= 4 is 37.6 Å². The number of halogens is 1. The topological polar surface area (TPSA) is 74.7 Å². The fraction of sp³-hybridized carbons (Fsp3) is 0.222. The first-order chi connectivity index (χ1) is 7.23. The third-order valence-corrected chi connectivity index (χ3v) is 3.71. The van der Waals surface area contributed by atoms with E-state index in [0.29, 0.717) is 4.47 Å². The lowest BCUT2D eigenvalue weighted by Crippen LogP contribution is -2.26. The molecule has 0 heterocycles. The minimum absolute atomic E-state index is 0.0673. The number of hydrogen-bond acceptors (Lipinski definition) is 3. The van der Waals surface area contributed by atoms with Gasteiger partial charge in [0.1, 0.15) is 0 Å². The minimum atomic E-state index is -3.47. The van der Waals surface area contributed by atoms with Gasteiger partial charge < -0.3 is 5.11 Å². The van der Waals surface area contributed by atoms with Crippen molar-refractivity contribution in [3.63, 3.8) is 0 Å². The van der Waals surface area contributed by atoms with Crippen molar-refractivity contribution < 1.29 is 18.3 Å². The van der Waals surface area contributed by atoms with E-state index in [1.165, 1.54) is 19.2 Å². The van der Waals surface area contributed by atoms with Crippen LogP contribution in [-0.4, -0.2) is 32.8 Å². The summed E-state index contributed by atoms with van der Waals surface area (Å²) in [5.41, 5.74) is 0.0699. The Morgan fingerprint density at radius 1 is 1.44 bits per heavy atom. The van der Waals surface area contributed by atoms with Gasteiger partial charge in [-0.25, -0.2) is 13.2 Å². The van der Waals surface area contributed by atoms with E-state index < -0.39 is 16.0 Å². The standard InChI is InChI=1S/C9H10BrNO4S/c1-11(16(2,14)15)8-4-3-6(10)5-7(8)9(12)13/h3-5H,1-2H3,(H,12,13). The van der Waals surface area contributed by atoms with Gasteiger partial charge in [0.15, 0.2) is 0 Å². The summed E-state index contributed by atoms with van der Waals surface area (Å²) in [6.45, 7) is 0. The second kappa shape index (κ2) is 4.42. The number of rotatable bonds is 3. The Labute approximate surface area is 102 Å². The van der Waals surface area contributed by atoms with Gasteiger partial charge in [0.25, 0.3) is 0 Å². The summed E-state index contributed by atoms with van der Waals surface area (Å²) >= 11 is 3.13. The van der Waals surface area contributed by atoms with Crippen molar-refractivity contribution in [1.29, 1.82) is 0 Å². The predicted molar refractivity (Wildman–Crippen MR) is 64.3 cm³/mol. The Kier molecular flexibility index (Phi) is 3.59. The number of carbonyl (C=O) groups is 1. The lowest BCUT2D eigenvalue weighted by molar-refractivity contribution is 0.0697. The van der Waals surface area contributed by atoms with Gasteiger partial charge in [0.05, 0.1) is 17.5 Å². The normalized spacial score (nSPS) is 11.2. The molecule has 1 rings (SSSR count). The molecule has 0 atom stereocenters. The molecular weight excluding hydrogens is 298 g/mol. The van der Waals surface area contributed by atoms with Crippen LogP contribution in [0.15, 0.2) is 22.7 Å². The van der Waals surface area contributed by atoms with Gasteiger partial charge in [-0.1, -0.05) is 15.9 Å². The summed E-state index contributed by atoms with van der Waals surface area (Å²) < 4.78 is 24.1. The van der Waals surface area contributed by atoms with Crippen LogP contribution in [0.2, 0.25) is 0 Å². The molecule has 1 aromatic carbocycles. The molecule has 0 unspecified atom stereocenters. The Bertz CT molecular complexity index is 526. The second-order valence-corrected chi connectivity index (χ2v) is 6.13. The summed E-state index contributed by atoms with van der Waals surface area (Å²) in [5, 5.41) is 8.96. The Hall–Kier alpha value is -1.08. The highest BCUT2D eigenvalue weighted by atomic mass is 79.9. The van der Waals surface area contributed by atoms with Crippen LogP contribution in [0.1, 0.15) is 10.4 Å². The van der Waals surface area contributed by atoms with Crippen molar-refractivity contribution in [3.05, 3.63) is 28.2 Å². The SMILES string of the molecule is CN(c1ccc(Br)cc1C(=O)O)S(C)(=O)=O. The number of benzene rings is 1. The second-order valence-electron chi connectivity index (χ2n) is 3.20. The Balaban J connectivity index is 3.40. The first-order valence-corrected chi connectivity index (χ1v) is 6.84. The van der Waals surface area contributed by atoms with Gasteiger partial charge in [-0.3, -0.25) is 4.31 Å². The van der Waals surface area contributed by atoms with E-state index in [4.69, 9.17) is 5.11 Å². The minimum Gasteiger partial charge on any atom is -0.478 e. The molecule has 1 N–H and O–H groups in total. The number of hydrogen-bond donors (Lipinski definition) is 1. The first-order valence-electron chi connectivity index (χ1n) is 4.20. The number of carboxylic acid groups (broad SMARTS) is 1. The molecule has 0 aliphatic carbocycles. The average molecular weight is 308 g/mol. The maximum atomic E-state index is 11.3. The van der Waals surface area contributed by atoms with Crippen LogP contribution in [0.25, 0.3) is 0 Å². The molecule has 16 heavy (non-hydrogen) atoms. The molecule has 0 aliphatic heterocycles. The van der Waals surface area contributed by atoms with Crippen LogP contribution >= 0.6 is 15.9 Å². The van der Waals surface area contributed by atoms with Crippen molar-refractivity contribution in [2.45, 2.75) is 0 Å². The number of sulfonamides is 1. The van der Waals surface area contributed by atoms with Crippen LogP contribution in [0.5, 0.6) is 0 Å². The molecule has 5 nitrogen and oxygen atoms in total. The third kappa shape index (κ3) is 2.73. The van der Waals surface area contributed by atoms with E-state index in [0.717, 1.165) is 10.6 Å². The lowest BCUT2D eigenvalue weighted by atomic mass is 10.2. The highest BCUT2D eigenvalue weighted by molar-refractivity contribution is 9.10. The lowest BCUT2D eigenvalue weighted by Gasteiger charge is -2.18. The molecule has 0 bridgehead atoms. The van der Waals surface area contributed by atoms with Crippen molar-refractivity contribution in [3.8, 4) is 0 Å². The molecule has 0 saturated heterocycles. The van der Waals surface area contributed by atoms with E-state index in [1.54, 1.807) is 6.07 Å². The molecule has 0 spiro atoms. The zero-order chi connectivity index (χ0) is 12.5. The molecule has 7 heteroatoms. The quantitative estimate of drug-likeness (QED) is 0.919. The Morgan fingerprint density at radius 2 is 2.00 bits per heavy atom. The molecule has 1 aromatic rings. The van der Waals surface area contributed by atoms with Crippen LogP contribution in [0, 0.1) is 0 Å². The fourth-order valence-corrected chi connectivity index (χ4v) is 2.01. The monoisotopic (exact) mass is 307 g/mol. The summed E-state index contributed by atoms with van der Waals surface area (Å²) in [4.78, 5) is 11.0. The smallest absolute Gasteiger partial charge is 0.337 e. The molecule has 0 saturated carbocycles. The van der Waals surface area contributed by atoms with Gasteiger partial charge in [-0.2, -0.15) is 0 Å². The molecule has 0 fully saturated rings.